The summed E-state index contributed by atoms with van der Waals surface area (Å²) in [5, 5.41) is 22.0. The molecular weight excluding hydrogens is 372 g/mol. The largest absolute Gasteiger partial charge is 0.309 e. The first-order valence-corrected chi connectivity index (χ1v) is 8.55. The average molecular weight is 389 g/mol. The fourth-order valence-electron chi connectivity index (χ4n) is 2.58. The maximum absolute atomic E-state index is 12.2. The van der Waals surface area contributed by atoms with E-state index >= 15 is 0 Å². The number of nitrogens with one attached hydrogen (secondary N) is 1. The first-order valence-electron chi connectivity index (χ1n) is 8.17. The van der Waals surface area contributed by atoms with Gasteiger partial charge in [-0.1, -0.05) is 41.9 Å². The van der Waals surface area contributed by atoms with Gasteiger partial charge in [0.2, 0.25) is 5.91 Å². The van der Waals surface area contributed by atoms with Gasteiger partial charge in [0.05, 0.1) is 18.0 Å². The molecule has 27 heavy (non-hydrogen) atoms. The van der Waals surface area contributed by atoms with Gasteiger partial charge in [-0.05, 0) is 12.5 Å². The maximum Gasteiger partial charge on any atom is 0.309 e. The fraction of sp³-hybridized carbons (Fsp3) is 0.235. The molecule has 0 saturated heterocycles. The lowest BCUT2D eigenvalue weighted by atomic mass is 10.2. The van der Waals surface area contributed by atoms with Crippen molar-refractivity contribution in [2.75, 3.05) is 5.32 Å². The number of hydrogen-bond acceptors (Lipinski definition) is 5. The number of nitro groups is 1. The summed E-state index contributed by atoms with van der Waals surface area (Å²) in [5.41, 5.74) is 1.39. The first kappa shape index (κ1) is 18.6. The number of carbonyl (C=O) groups excluding carboxylic acids is 1. The third-order valence-corrected chi connectivity index (χ3v) is 4.26. The summed E-state index contributed by atoms with van der Waals surface area (Å²) in [6.45, 7) is 2.34. The van der Waals surface area contributed by atoms with E-state index < -0.39 is 4.92 Å². The van der Waals surface area contributed by atoms with E-state index in [-0.39, 0.29) is 30.4 Å². The molecule has 2 aromatic heterocycles. The number of amides is 1. The molecule has 0 saturated carbocycles. The molecule has 0 aliphatic heterocycles. The highest BCUT2D eigenvalue weighted by molar-refractivity contribution is 6.33. The number of aryl methyl sites for hydroxylation is 1. The van der Waals surface area contributed by atoms with E-state index in [9.17, 15) is 14.9 Å². The Kier molecular flexibility index (Phi) is 5.51. The predicted molar refractivity (Wildman–Crippen MR) is 99.6 cm³/mol. The molecule has 10 heteroatoms. The number of nitrogens with zero attached hydrogens (tertiary/aromatic N) is 5. The molecule has 2 heterocycles. The lowest BCUT2D eigenvalue weighted by Gasteiger charge is -2.05. The van der Waals surface area contributed by atoms with Crippen LogP contribution in [0.5, 0.6) is 0 Å². The maximum atomic E-state index is 12.2. The highest BCUT2D eigenvalue weighted by Crippen LogP contribution is 2.21. The van der Waals surface area contributed by atoms with Crippen LogP contribution in [-0.4, -0.2) is 30.4 Å². The number of benzene rings is 1. The average Bonchev–Trinajstić information content (AvgIpc) is 3.16. The summed E-state index contributed by atoms with van der Waals surface area (Å²) < 4.78 is 3.07. The van der Waals surface area contributed by atoms with Crippen LogP contribution < -0.4 is 5.32 Å². The number of hydrogen-bond donors (Lipinski definition) is 1. The third-order valence-electron chi connectivity index (χ3n) is 3.99. The molecule has 1 amide bonds. The van der Waals surface area contributed by atoms with Crippen LogP contribution in [0.25, 0.3) is 0 Å². The smallest absolute Gasteiger partial charge is 0.308 e. The van der Waals surface area contributed by atoms with Gasteiger partial charge in [-0.25, -0.2) is 0 Å². The van der Waals surface area contributed by atoms with Gasteiger partial charge in [-0.3, -0.25) is 24.3 Å². The molecule has 1 aromatic carbocycles. The minimum Gasteiger partial charge on any atom is -0.308 e. The van der Waals surface area contributed by atoms with Gasteiger partial charge in [-0.2, -0.15) is 10.2 Å². The van der Waals surface area contributed by atoms with E-state index in [4.69, 9.17) is 11.6 Å². The third kappa shape index (κ3) is 4.50. The summed E-state index contributed by atoms with van der Waals surface area (Å²) in [5.74, 6) is -0.0276. The molecule has 1 N–H and O–H groups in total. The van der Waals surface area contributed by atoms with Crippen molar-refractivity contribution in [3.05, 3.63) is 69.1 Å². The Morgan fingerprint density at radius 2 is 2.07 bits per heavy atom. The van der Waals surface area contributed by atoms with Gasteiger partial charge in [0, 0.05) is 12.6 Å². The highest BCUT2D eigenvalue weighted by atomic mass is 35.5. The summed E-state index contributed by atoms with van der Waals surface area (Å²) in [6.07, 6.45) is 2.90. The van der Waals surface area contributed by atoms with E-state index in [1.807, 2.05) is 30.3 Å². The van der Waals surface area contributed by atoms with Crippen molar-refractivity contribution in [3.8, 4) is 0 Å². The minimum atomic E-state index is -0.502. The van der Waals surface area contributed by atoms with Crippen LogP contribution in [0.15, 0.2) is 42.7 Å². The molecule has 9 nitrogen and oxygen atoms in total. The van der Waals surface area contributed by atoms with Crippen LogP contribution in [0.4, 0.5) is 11.5 Å². The zero-order valence-corrected chi connectivity index (χ0v) is 15.3. The van der Waals surface area contributed by atoms with Crippen molar-refractivity contribution in [3.63, 3.8) is 0 Å². The highest BCUT2D eigenvalue weighted by Gasteiger charge is 2.17. The molecule has 0 spiro atoms. The Hall–Kier alpha value is -3.20. The van der Waals surface area contributed by atoms with Gasteiger partial charge in [-0.15, -0.1) is 0 Å². The molecule has 0 unspecified atom stereocenters. The van der Waals surface area contributed by atoms with E-state index in [1.165, 1.54) is 10.9 Å². The lowest BCUT2D eigenvalue weighted by Crippen LogP contribution is -2.16. The number of rotatable bonds is 7. The van der Waals surface area contributed by atoms with Crippen LogP contribution in [0, 0.1) is 17.0 Å². The van der Waals surface area contributed by atoms with Crippen LogP contribution in [0.1, 0.15) is 17.7 Å². The molecule has 3 aromatic rings. The molecule has 0 fully saturated rings. The number of aromatic nitrogens is 4. The fourth-order valence-corrected chi connectivity index (χ4v) is 2.77. The first-order chi connectivity index (χ1) is 12.9. The van der Waals surface area contributed by atoms with Crippen LogP contribution >= 0.6 is 11.6 Å². The minimum absolute atomic E-state index is 0.0712. The second kappa shape index (κ2) is 8.00. The Morgan fingerprint density at radius 3 is 2.74 bits per heavy atom. The van der Waals surface area contributed by atoms with Crippen LogP contribution in [-0.2, 0) is 17.9 Å². The summed E-state index contributed by atoms with van der Waals surface area (Å²) in [4.78, 5) is 22.5. The summed E-state index contributed by atoms with van der Waals surface area (Å²) in [6, 6.07) is 9.75. The second-order valence-electron chi connectivity index (χ2n) is 5.90. The topological polar surface area (TPSA) is 108 Å². The van der Waals surface area contributed by atoms with Crippen molar-refractivity contribution in [2.24, 2.45) is 0 Å². The standard InChI is InChI=1S/C17H17ClN6O3/c1-12-15(24(26)27)9-19-23(12)8-7-16(25)20-17-14(18)11-22(21-17)10-13-5-3-2-4-6-13/h2-6,9,11H,7-8,10H2,1H3,(H,20,21,25). The molecule has 140 valence electrons. The normalized spacial score (nSPS) is 10.7. The zero-order valence-electron chi connectivity index (χ0n) is 14.5. The predicted octanol–water partition coefficient (Wildman–Crippen LogP) is 3.03. The SMILES string of the molecule is Cc1c([N+](=O)[O-])cnn1CCC(=O)Nc1nn(Cc2ccccc2)cc1Cl. The Balaban J connectivity index is 1.59. The summed E-state index contributed by atoms with van der Waals surface area (Å²) in [7, 11) is 0. The van der Waals surface area contributed by atoms with Gasteiger partial charge in [0.1, 0.15) is 16.9 Å². The van der Waals surface area contributed by atoms with Crippen molar-refractivity contribution in [1.29, 1.82) is 0 Å². The van der Waals surface area contributed by atoms with Crippen molar-refractivity contribution >= 4 is 29.0 Å². The Labute approximate surface area is 159 Å². The molecular formula is C17H17ClN6O3. The molecule has 0 bridgehead atoms. The second-order valence-corrected chi connectivity index (χ2v) is 6.31. The number of halogens is 1. The molecule has 0 radical (unpaired) electrons. The lowest BCUT2D eigenvalue weighted by molar-refractivity contribution is -0.385. The van der Waals surface area contributed by atoms with Crippen LogP contribution in [0.3, 0.4) is 0 Å². The van der Waals surface area contributed by atoms with E-state index in [0.29, 0.717) is 17.3 Å². The number of carbonyl (C=O) groups is 1. The van der Waals surface area contributed by atoms with Gasteiger partial charge in [0.25, 0.3) is 0 Å². The van der Waals surface area contributed by atoms with Gasteiger partial charge in [0.15, 0.2) is 5.82 Å². The van der Waals surface area contributed by atoms with E-state index in [1.54, 1.807) is 17.8 Å². The van der Waals surface area contributed by atoms with Crippen LogP contribution in [0.2, 0.25) is 5.02 Å². The van der Waals surface area contributed by atoms with Crippen molar-refractivity contribution < 1.29 is 9.72 Å². The van der Waals surface area contributed by atoms with Gasteiger partial charge < -0.3 is 5.32 Å². The number of anilines is 1. The summed E-state index contributed by atoms with van der Waals surface area (Å²) >= 11 is 6.15. The quantitative estimate of drug-likeness (QED) is 0.494. The molecule has 0 aliphatic rings. The Bertz CT molecular complexity index is 966. The van der Waals surface area contributed by atoms with Gasteiger partial charge >= 0.3 is 5.69 Å². The Morgan fingerprint density at radius 1 is 1.33 bits per heavy atom. The van der Waals surface area contributed by atoms with E-state index in [0.717, 1.165) is 5.56 Å². The van der Waals surface area contributed by atoms with Crippen molar-refractivity contribution in [1.82, 2.24) is 19.6 Å². The zero-order chi connectivity index (χ0) is 19.4. The van der Waals surface area contributed by atoms with Crippen molar-refractivity contribution in [2.45, 2.75) is 26.4 Å². The monoisotopic (exact) mass is 388 g/mol. The molecule has 3 rings (SSSR count). The molecule has 0 aliphatic carbocycles. The molecule has 0 atom stereocenters. The van der Waals surface area contributed by atoms with E-state index in [2.05, 4.69) is 15.5 Å².